The first-order valence-electron chi connectivity index (χ1n) is 15.5. The van der Waals surface area contributed by atoms with Gasteiger partial charge in [-0.2, -0.15) is 25.8 Å². The summed E-state index contributed by atoms with van der Waals surface area (Å²) in [6, 6.07) is 2.25. The van der Waals surface area contributed by atoms with Crippen molar-refractivity contribution >= 4 is 12.6 Å². The molecule has 0 radical (unpaired) electrons. The van der Waals surface area contributed by atoms with Crippen molar-refractivity contribution in [3.8, 4) is 0 Å². The Morgan fingerprint density at radius 2 is 1.59 bits per heavy atom. The molecule has 2 aliphatic carbocycles. The van der Waals surface area contributed by atoms with Crippen LogP contribution in [0, 0.1) is 10.8 Å². The zero-order chi connectivity index (χ0) is 33.5. The first-order valence-corrected chi connectivity index (χ1v) is 16.4. The monoisotopic (exact) mass is 644 g/mol. The third-order valence-corrected chi connectivity index (χ3v) is 8.95. The van der Waals surface area contributed by atoms with E-state index in [1.165, 1.54) is 12.5 Å². The zero-order valence-electron chi connectivity index (χ0n) is 27.5. The van der Waals surface area contributed by atoms with E-state index in [-0.39, 0.29) is 42.7 Å². The molecule has 1 N–H and O–H groups in total. The van der Waals surface area contributed by atoms with Gasteiger partial charge >= 0.3 is 6.18 Å². The number of ether oxygens (including phenoxy) is 1. The molecule has 0 amide bonds. The van der Waals surface area contributed by atoms with Crippen LogP contribution in [0.15, 0.2) is 18.3 Å². The molecular weight excluding hydrogens is 595 g/mol. The quantitative estimate of drug-likeness (QED) is 0.252. The number of pyridine rings is 2. The molecule has 1 spiro atoms. The van der Waals surface area contributed by atoms with Gasteiger partial charge < -0.3 is 9.84 Å². The molecule has 1 aliphatic heterocycles. The molecule has 2 unspecified atom stereocenters. The smallest absolute Gasteiger partial charge is 0.388 e. The van der Waals surface area contributed by atoms with E-state index in [1.807, 2.05) is 13.8 Å². The van der Waals surface area contributed by atoms with Crippen molar-refractivity contribution in [3.63, 3.8) is 0 Å². The number of hydrogen-bond donors (Lipinski definition) is 2. The highest BCUT2D eigenvalue weighted by Gasteiger charge is 2.55. The lowest BCUT2D eigenvalue weighted by molar-refractivity contribution is -0.142. The van der Waals surface area contributed by atoms with E-state index in [4.69, 9.17) is 9.72 Å². The molecule has 248 valence electrons. The molecule has 0 aromatic carbocycles. The molecule has 2 atom stereocenters. The standard InChI is InChI=1S/C27H31F5N2O2.C6H14.CH4S/c1-14(2)22-20-21(19-17(34-22)11-24(3,4)12-18(19)35)25(7-9-26(28,29)10-8-25)36-23(20)16-6-5-15(13-33-16)27(30,31)32;1-5-6(2,3)4;1-2/h5-6,13-14,18,23,35H,7-12H2,1-4H3;5H2,1-4H3;2H,1H3. The van der Waals surface area contributed by atoms with Crippen molar-refractivity contribution in [1.82, 2.24) is 9.97 Å². The molecule has 44 heavy (non-hydrogen) atoms. The summed E-state index contributed by atoms with van der Waals surface area (Å²) in [5.41, 5.74) is 2.16. The third-order valence-electron chi connectivity index (χ3n) is 8.95. The Hall–Kier alpha value is -1.78. The summed E-state index contributed by atoms with van der Waals surface area (Å²) in [5.74, 6) is -2.87. The number of hydrogen-bond acceptors (Lipinski definition) is 5. The third kappa shape index (κ3) is 7.95. The molecule has 0 saturated heterocycles. The molecule has 0 bridgehead atoms. The Labute approximate surface area is 265 Å². The molecule has 1 fully saturated rings. The molecule has 3 heterocycles. The first-order chi connectivity index (χ1) is 20.2. The minimum atomic E-state index is -4.53. The molecule has 2 aromatic heterocycles. The maximum Gasteiger partial charge on any atom is 0.417 e. The summed E-state index contributed by atoms with van der Waals surface area (Å²) >= 11 is 3.53. The summed E-state index contributed by atoms with van der Waals surface area (Å²) in [4.78, 5) is 9.08. The van der Waals surface area contributed by atoms with Crippen molar-refractivity contribution < 1.29 is 31.8 Å². The van der Waals surface area contributed by atoms with E-state index in [9.17, 15) is 27.1 Å². The van der Waals surface area contributed by atoms with Gasteiger partial charge in [-0.05, 0) is 66.4 Å². The highest BCUT2D eigenvalue weighted by Crippen LogP contribution is 2.60. The zero-order valence-corrected chi connectivity index (χ0v) is 28.4. The maximum atomic E-state index is 14.3. The van der Waals surface area contributed by atoms with Gasteiger partial charge in [0.15, 0.2) is 0 Å². The Balaban J connectivity index is 0.000000593. The lowest BCUT2D eigenvalue weighted by Crippen LogP contribution is -2.38. The molecule has 2 aromatic rings. The van der Waals surface area contributed by atoms with Gasteiger partial charge in [0.2, 0.25) is 5.92 Å². The van der Waals surface area contributed by atoms with Crippen LogP contribution in [0.1, 0.15) is 151 Å². The summed E-state index contributed by atoms with van der Waals surface area (Å²) in [7, 11) is 0. The van der Waals surface area contributed by atoms with Crippen LogP contribution >= 0.6 is 12.6 Å². The van der Waals surface area contributed by atoms with Gasteiger partial charge in [0.25, 0.3) is 0 Å². The van der Waals surface area contributed by atoms with Gasteiger partial charge in [-0.25, -0.2) is 8.78 Å². The van der Waals surface area contributed by atoms with Crippen LogP contribution < -0.4 is 0 Å². The van der Waals surface area contributed by atoms with Crippen molar-refractivity contribution in [1.29, 1.82) is 0 Å². The number of halogens is 5. The highest BCUT2D eigenvalue weighted by molar-refractivity contribution is 7.79. The van der Waals surface area contributed by atoms with Crippen LogP contribution in [0.4, 0.5) is 22.0 Å². The van der Waals surface area contributed by atoms with Crippen molar-refractivity contribution in [2.75, 3.05) is 6.26 Å². The minimum absolute atomic E-state index is 0.0498. The molecule has 1 saturated carbocycles. The van der Waals surface area contributed by atoms with Gasteiger partial charge in [0, 0.05) is 41.6 Å². The van der Waals surface area contributed by atoms with E-state index in [0.717, 1.165) is 23.7 Å². The van der Waals surface area contributed by atoms with Crippen LogP contribution in [0.3, 0.4) is 0 Å². The number of aliphatic hydroxyl groups excluding tert-OH is 1. The predicted octanol–water partition coefficient (Wildman–Crippen LogP) is 10.1. The van der Waals surface area contributed by atoms with Gasteiger partial charge in [-0.1, -0.05) is 61.8 Å². The minimum Gasteiger partial charge on any atom is -0.388 e. The summed E-state index contributed by atoms with van der Waals surface area (Å²) < 4.78 is 74.7. The number of aromatic nitrogens is 2. The van der Waals surface area contributed by atoms with Crippen molar-refractivity contribution in [2.24, 2.45) is 10.8 Å². The fourth-order valence-electron chi connectivity index (χ4n) is 6.19. The number of rotatable bonds is 2. The van der Waals surface area contributed by atoms with E-state index in [2.05, 4.69) is 59.2 Å². The van der Waals surface area contributed by atoms with Crippen molar-refractivity contribution in [2.45, 2.75) is 136 Å². The lowest BCUT2D eigenvalue weighted by Gasteiger charge is -2.41. The number of thiol groups is 1. The molecular formula is C34H49F5N2O2S. The summed E-state index contributed by atoms with van der Waals surface area (Å²) in [6.45, 7) is 17.0. The Bertz CT molecular complexity index is 1280. The van der Waals surface area contributed by atoms with Crippen LogP contribution in [-0.4, -0.2) is 27.3 Å². The molecule has 4 nitrogen and oxygen atoms in total. The molecule has 3 aliphatic rings. The largest absolute Gasteiger partial charge is 0.417 e. The van der Waals surface area contributed by atoms with Crippen molar-refractivity contribution in [3.05, 3.63) is 57.7 Å². The van der Waals surface area contributed by atoms with Gasteiger partial charge in [-0.3, -0.25) is 9.97 Å². The van der Waals surface area contributed by atoms with Crippen LogP contribution in [0.2, 0.25) is 0 Å². The summed E-state index contributed by atoms with van der Waals surface area (Å²) in [5, 5.41) is 11.3. The first kappa shape index (κ1) is 36.7. The predicted molar refractivity (Wildman–Crippen MR) is 167 cm³/mol. The number of alkyl halides is 5. The van der Waals surface area contributed by atoms with Gasteiger partial charge in [0.1, 0.15) is 6.10 Å². The highest BCUT2D eigenvalue weighted by atomic mass is 32.1. The second kappa shape index (κ2) is 13.1. The average Bonchev–Trinajstić information content (AvgIpc) is 3.24. The Kier molecular flexibility index (Phi) is 11.0. The number of fused-ring (bicyclic) bond motifs is 4. The SMILES string of the molecule is CC(C)c1nc2c(c3c1C(c1ccc(C(F)(F)F)cn1)OC31CCC(F)(F)CC1)C(O)CC(C)(C)C2.CCC(C)(C)C.CS. The maximum absolute atomic E-state index is 14.3. The van der Waals surface area contributed by atoms with Gasteiger partial charge in [-0.15, -0.1) is 0 Å². The normalized spacial score (nSPS) is 23.2. The van der Waals surface area contributed by atoms with E-state index in [0.29, 0.717) is 34.9 Å². The summed E-state index contributed by atoms with van der Waals surface area (Å²) in [6.07, 6.45) is -2.00. The lowest BCUT2D eigenvalue weighted by atomic mass is 9.68. The fraction of sp³-hybridized carbons (Fsp3) is 0.706. The second-order valence-electron chi connectivity index (χ2n) is 14.6. The second-order valence-corrected chi connectivity index (χ2v) is 14.6. The fourth-order valence-corrected chi connectivity index (χ4v) is 6.19. The Morgan fingerprint density at radius 1 is 1.02 bits per heavy atom. The van der Waals surface area contributed by atoms with Crippen LogP contribution in [0.25, 0.3) is 0 Å². The molecule has 5 rings (SSSR count). The van der Waals surface area contributed by atoms with Gasteiger partial charge in [0.05, 0.1) is 23.0 Å². The molecule has 10 heteroatoms. The van der Waals surface area contributed by atoms with Crippen LogP contribution in [-0.2, 0) is 22.9 Å². The van der Waals surface area contributed by atoms with E-state index in [1.54, 1.807) is 6.26 Å². The van der Waals surface area contributed by atoms with Crippen LogP contribution in [0.5, 0.6) is 0 Å². The average molecular weight is 645 g/mol. The number of aliphatic hydroxyl groups is 1. The Morgan fingerprint density at radius 3 is 2.05 bits per heavy atom. The van der Waals surface area contributed by atoms with E-state index < -0.39 is 35.5 Å². The number of nitrogens with zero attached hydrogens (tertiary/aromatic N) is 2. The topological polar surface area (TPSA) is 55.2 Å². The van der Waals surface area contributed by atoms with E-state index >= 15 is 0 Å².